The molecule has 1 aromatic heterocycles. The van der Waals surface area contributed by atoms with Crippen molar-refractivity contribution >= 4 is 27.5 Å². The van der Waals surface area contributed by atoms with Crippen LogP contribution in [0.4, 0.5) is 13.2 Å². The number of sulfonamides is 1. The van der Waals surface area contributed by atoms with E-state index in [-0.39, 0.29) is 36.0 Å². The lowest BCUT2D eigenvalue weighted by molar-refractivity contribution is -0.154. The highest BCUT2D eigenvalue weighted by Gasteiger charge is 2.29. The highest BCUT2D eigenvalue weighted by atomic mass is 35.5. The third kappa shape index (κ3) is 6.79. The van der Waals surface area contributed by atoms with Gasteiger partial charge in [0.1, 0.15) is 5.02 Å². The molecule has 8 nitrogen and oxygen atoms in total. The van der Waals surface area contributed by atoms with Crippen LogP contribution in [0.5, 0.6) is 5.88 Å². The van der Waals surface area contributed by atoms with Crippen LogP contribution in [-0.2, 0) is 14.8 Å². The molecule has 1 amide bonds. The predicted molar refractivity (Wildman–Crippen MR) is 89.3 cm³/mol. The van der Waals surface area contributed by atoms with Crippen LogP contribution in [0.3, 0.4) is 0 Å². The number of morpholine rings is 1. The van der Waals surface area contributed by atoms with Gasteiger partial charge in [0.25, 0.3) is 5.91 Å². The normalized spacial score (nSPS) is 16.1. The fraction of sp³-hybridized carbons (Fsp3) is 0.571. The number of hydrogen-bond acceptors (Lipinski definition) is 6. The quantitative estimate of drug-likeness (QED) is 0.693. The molecule has 0 aliphatic carbocycles. The minimum atomic E-state index is -4.55. The maximum Gasteiger partial charge on any atom is 0.422 e. The number of nitrogens with zero attached hydrogens (tertiary/aromatic N) is 2. The van der Waals surface area contributed by atoms with Gasteiger partial charge in [-0.1, -0.05) is 11.6 Å². The molecule has 0 unspecified atom stereocenters. The summed E-state index contributed by atoms with van der Waals surface area (Å²) in [5.41, 5.74) is -0.0388. The average Bonchev–Trinajstić information content (AvgIpc) is 2.60. The smallest absolute Gasteiger partial charge is 0.422 e. The van der Waals surface area contributed by atoms with Gasteiger partial charge in [0, 0.05) is 25.8 Å². The molecular formula is C14H17ClF3N3O5S. The van der Waals surface area contributed by atoms with Crippen LogP contribution >= 0.6 is 11.6 Å². The van der Waals surface area contributed by atoms with Crippen LogP contribution < -0.4 is 10.1 Å². The molecule has 0 spiro atoms. The number of rotatable bonds is 7. The Labute approximate surface area is 158 Å². The Hall–Kier alpha value is -1.63. The second-order valence-corrected chi connectivity index (χ2v) is 7.99. The summed E-state index contributed by atoms with van der Waals surface area (Å²) in [6, 6.07) is 1.09. The molecule has 27 heavy (non-hydrogen) atoms. The molecule has 0 radical (unpaired) electrons. The summed E-state index contributed by atoms with van der Waals surface area (Å²) in [6.07, 6.45) is -3.56. The third-order valence-corrected chi connectivity index (χ3v) is 5.59. The van der Waals surface area contributed by atoms with E-state index in [1.165, 1.54) is 4.31 Å². The maximum atomic E-state index is 12.1. The first kappa shape index (κ1) is 21.7. The Morgan fingerprint density at radius 3 is 2.63 bits per heavy atom. The highest BCUT2D eigenvalue weighted by molar-refractivity contribution is 7.89. The Morgan fingerprint density at radius 2 is 2.04 bits per heavy atom. The molecule has 2 rings (SSSR count). The lowest BCUT2D eigenvalue weighted by Crippen LogP contribution is -2.43. The van der Waals surface area contributed by atoms with Crippen molar-refractivity contribution in [2.45, 2.75) is 6.18 Å². The van der Waals surface area contributed by atoms with Gasteiger partial charge in [0.2, 0.25) is 15.9 Å². The molecule has 0 atom stereocenters. The van der Waals surface area contributed by atoms with Crippen molar-refractivity contribution in [1.82, 2.24) is 14.6 Å². The van der Waals surface area contributed by atoms with Crippen molar-refractivity contribution in [3.05, 3.63) is 22.8 Å². The SMILES string of the molecule is O=C(NCCS(=O)(=O)N1CCOCC1)c1cnc(OCC(F)(F)F)c(Cl)c1. The zero-order chi connectivity index (χ0) is 20.1. The Kier molecular flexibility index (Phi) is 7.25. The molecule has 2 heterocycles. The largest absolute Gasteiger partial charge is 0.467 e. The number of nitrogens with one attached hydrogen (secondary N) is 1. The van der Waals surface area contributed by atoms with Crippen molar-refractivity contribution in [3.63, 3.8) is 0 Å². The minimum absolute atomic E-state index is 0.0388. The number of carbonyl (C=O) groups excluding carboxylic acids is 1. The van der Waals surface area contributed by atoms with E-state index in [1.54, 1.807) is 0 Å². The molecule has 0 bridgehead atoms. The van der Waals surface area contributed by atoms with Crippen molar-refractivity contribution < 1.29 is 35.9 Å². The number of alkyl halides is 3. The molecule has 1 N–H and O–H groups in total. The first-order valence-electron chi connectivity index (χ1n) is 7.77. The van der Waals surface area contributed by atoms with Gasteiger partial charge < -0.3 is 14.8 Å². The summed E-state index contributed by atoms with van der Waals surface area (Å²) in [5.74, 6) is -1.42. The van der Waals surface area contributed by atoms with E-state index in [9.17, 15) is 26.4 Å². The van der Waals surface area contributed by atoms with Crippen molar-refractivity contribution in [1.29, 1.82) is 0 Å². The predicted octanol–water partition coefficient (Wildman–Crippen LogP) is 1.07. The van der Waals surface area contributed by atoms with Gasteiger partial charge in [0.05, 0.1) is 24.5 Å². The van der Waals surface area contributed by atoms with Crippen LogP contribution in [0.1, 0.15) is 10.4 Å². The fourth-order valence-corrected chi connectivity index (χ4v) is 3.70. The van der Waals surface area contributed by atoms with E-state index in [0.717, 1.165) is 12.3 Å². The van der Waals surface area contributed by atoms with E-state index < -0.39 is 34.6 Å². The van der Waals surface area contributed by atoms with E-state index in [0.29, 0.717) is 13.2 Å². The lowest BCUT2D eigenvalue weighted by Gasteiger charge is -2.26. The number of amides is 1. The monoisotopic (exact) mass is 431 g/mol. The van der Waals surface area contributed by atoms with Gasteiger partial charge in [-0.3, -0.25) is 4.79 Å². The second kappa shape index (κ2) is 9.04. The van der Waals surface area contributed by atoms with E-state index in [2.05, 4.69) is 15.0 Å². The fourth-order valence-electron chi connectivity index (χ4n) is 2.16. The molecule has 152 valence electrons. The average molecular weight is 432 g/mol. The summed E-state index contributed by atoms with van der Waals surface area (Å²) >= 11 is 5.76. The minimum Gasteiger partial charge on any atom is -0.467 e. The molecule has 1 aliphatic rings. The van der Waals surface area contributed by atoms with Gasteiger partial charge in [-0.15, -0.1) is 0 Å². The van der Waals surface area contributed by atoms with Crippen molar-refractivity contribution in [2.24, 2.45) is 0 Å². The Balaban J connectivity index is 1.87. The van der Waals surface area contributed by atoms with Crippen LogP contribution in [0.25, 0.3) is 0 Å². The van der Waals surface area contributed by atoms with Crippen LogP contribution in [0, 0.1) is 0 Å². The number of carbonyl (C=O) groups is 1. The molecule has 0 saturated carbocycles. The van der Waals surface area contributed by atoms with E-state index in [1.807, 2.05) is 0 Å². The topological polar surface area (TPSA) is 97.8 Å². The standard InChI is InChI=1S/C14H17ClF3N3O5S/c15-11-7-10(8-20-13(11)26-9-14(16,17)18)12(22)19-1-6-27(23,24)21-2-4-25-5-3-21/h7-8H,1-6,9H2,(H,19,22). The molecule has 1 fully saturated rings. The second-order valence-electron chi connectivity index (χ2n) is 5.50. The number of hydrogen-bond donors (Lipinski definition) is 1. The zero-order valence-electron chi connectivity index (χ0n) is 14.0. The lowest BCUT2D eigenvalue weighted by atomic mass is 10.2. The number of ether oxygens (including phenoxy) is 2. The molecule has 1 aliphatic heterocycles. The van der Waals surface area contributed by atoms with Crippen LogP contribution in [0.15, 0.2) is 12.3 Å². The highest BCUT2D eigenvalue weighted by Crippen LogP contribution is 2.24. The first-order valence-corrected chi connectivity index (χ1v) is 9.76. The summed E-state index contributed by atoms with van der Waals surface area (Å²) in [6.45, 7) is -0.561. The molecule has 0 aromatic carbocycles. The van der Waals surface area contributed by atoms with Crippen molar-refractivity contribution in [3.8, 4) is 5.88 Å². The number of aromatic nitrogens is 1. The van der Waals surface area contributed by atoms with E-state index in [4.69, 9.17) is 16.3 Å². The molecule has 13 heteroatoms. The maximum absolute atomic E-state index is 12.1. The third-order valence-electron chi connectivity index (χ3n) is 3.45. The summed E-state index contributed by atoms with van der Waals surface area (Å²) < 4.78 is 71.5. The Morgan fingerprint density at radius 1 is 1.37 bits per heavy atom. The molecule has 1 aromatic rings. The number of pyridine rings is 1. The van der Waals surface area contributed by atoms with Crippen molar-refractivity contribution in [2.75, 3.05) is 45.2 Å². The van der Waals surface area contributed by atoms with Gasteiger partial charge in [-0.2, -0.15) is 17.5 Å². The van der Waals surface area contributed by atoms with E-state index >= 15 is 0 Å². The van der Waals surface area contributed by atoms with Gasteiger partial charge >= 0.3 is 6.18 Å². The van der Waals surface area contributed by atoms with Crippen LogP contribution in [0.2, 0.25) is 5.02 Å². The zero-order valence-corrected chi connectivity index (χ0v) is 15.5. The van der Waals surface area contributed by atoms with Gasteiger partial charge in [-0.25, -0.2) is 13.4 Å². The Bertz CT molecular complexity index is 770. The summed E-state index contributed by atoms with van der Waals surface area (Å²) in [5, 5.41) is 2.13. The molecule has 1 saturated heterocycles. The van der Waals surface area contributed by atoms with Gasteiger partial charge in [-0.05, 0) is 6.07 Å². The first-order chi connectivity index (χ1) is 12.6. The molecular weight excluding hydrogens is 415 g/mol. The van der Waals surface area contributed by atoms with Crippen LogP contribution in [-0.4, -0.2) is 75.0 Å². The number of halogens is 4. The van der Waals surface area contributed by atoms with Gasteiger partial charge in [0.15, 0.2) is 6.61 Å². The summed E-state index contributed by atoms with van der Waals surface area (Å²) in [4.78, 5) is 15.6. The summed E-state index contributed by atoms with van der Waals surface area (Å²) in [7, 11) is -3.53.